The Hall–Kier alpha value is -0.120. The van der Waals surface area contributed by atoms with Crippen molar-refractivity contribution >= 4 is 0 Å². The van der Waals surface area contributed by atoms with Gasteiger partial charge in [-0.1, -0.05) is 6.42 Å². The van der Waals surface area contributed by atoms with E-state index in [-0.39, 0.29) is 0 Å². The summed E-state index contributed by atoms with van der Waals surface area (Å²) < 4.78 is 0. The number of nitrogens with zero attached hydrogens (tertiary/aromatic N) is 2. The summed E-state index contributed by atoms with van der Waals surface area (Å²) in [5, 5.41) is 3.55. The van der Waals surface area contributed by atoms with Crippen LogP contribution < -0.4 is 5.32 Å². The normalized spacial score (nSPS) is 31.5. The van der Waals surface area contributed by atoms with Crippen molar-refractivity contribution in [1.29, 1.82) is 0 Å². The Morgan fingerprint density at radius 3 is 2.35 bits per heavy atom. The van der Waals surface area contributed by atoms with Crippen molar-refractivity contribution in [3.05, 3.63) is 0 Å². The topological polar surface area (TPSA) is 18.5 Å². The summed E-state index contributed by atoms with van der Waals surface area (Å²) in [6, 6.07) is 0.905. The van der Waals surface area contributed by atoms with Crippen LogP contribution in [0.1, 0.15) is 51.4 Å². The lowest BCUT2D eigenvalue weighted by Gasteiger charge is -2.40. The number of hydrogen-bond acceptors (Lipinski definition) is 3. The van der Waals surface area contributed by atoms with Crippen molar-refractivity contribution in [2.45, 2.75) is 57.4 Å². The van der Waals surface area contributed by atoms with Crippen LogP contribution in [-0.2, 0) is 0 Å². The van der Waals surface area contributed by atoms with Gasteiger partial charge < -0.3 is 15.1 Å². The first kappa shape index (κ1) is 14.8. The van der Waals surface area contributed by atoms with Crippen molar-refractivity contribution in [3.8, 4) is 0 Å². The van der Waals surface area contributed by atoms with Crippen molar-refractivity contribution in [2.75, 3.05) is 45.8 Å². The highest BCUT2D eigenvalue weighted by Crippen LogP contribution is 2.22. The number of piperidine rings is 3. The fourth-order valence-corrected chi connectivity index (χ4v) is 4.33. The summed E-state index contributed by atoms with van der Waals surface area (Å²) in [5.41, 5.74) is 0. The van der Waals surface area contributed by atoms with Gasteiger partial charge in [0.05, 0.1) is 0 Å². The molecule has 1 atom stereocenters. The van der Waals surface area contributed by atoms with Gasteiger partial charge in [-0.05, 0) is 96.7 Å². The Kier molecular flexibility index (Phi) is 5.75. The van der Waals surface area contributed by atoms with Crippen LogP contribution in [0.15, 0.2) is 0 Å². The van der Waals surface area contributed by atoms with Crippen LogP contribution in [0.3, 0.4) is 0 Å². The zero-order chi connectivity index (χ0) is 13.6. The van der Waals surface area contributed by atoms with Gasteiger partial charge in [0, 0.05) is 6.04 Å². The molecular formula is C17H33N3. The summed E-state index contributed by atoms with van der Waals surface area (Å²) in [6.45, 7) is 9.31. The molecule has 0 bridgehead atoms. The van der Waals surface area contributed by atoms with E-state index in [1.165, 1.54) is 97.2 Å². The highest BCUT2D eigenvalue weighted by molar-refractivity contribution is 4.82. The maximum atomic E-state index is 3.55. The summed E-state index contributed by atoms with van der Waals surface area (Å²) in [5.74, 6) is 0.948. The van der Waals surface area contributed by atoms with E-state index < -0.39 is 0 Å². The summed E-state index contributed by atoms with van der Waals surface area (Å²) in [4.78, 5) is 5.51. The first-order valence-electron chi connectivity index (χ1n) is 9.09. The number of hydrogen-bond donors (Lipinski definition) is 1. The zero-order valence-corrected chi connectivity index (χ0v) is 13.2. The largest absolute Gasteiger partial charge is 0.316 e. The van der Waals surface area contributed by atoms with Crippen molar-refractivity contribution < 1.29 is 0 Å². The molecule has 3 heterocycles. The van der Waals surface area contributed by atoms with Crippen LogP contribution in [0.2, 0.25) is 0 Å². The van der Waals surface area contributed by atoms with Gasteiger partial charge in [0.15, 0.2) is 0 Å². The van der Waals surface area contributed by atoms with Gasteiger partial charge in [-0.15, -0.1) is 0 Å². The first-order chi connectivity index (χ1) is 9.92. The standard InChI is InChI=1S/C17H33N3/c1-2-10-20(11-3-1)17-7-13-19(14-8-17)12-6-16-5-4-9-18-15-16/h16-18H,1-15H2. The smallest absolute Gasteiger partial charge is 0.0120 e. The summed E-state index contributed by atoms with van der Waals surface area (Å²) in [6.07, 6.45) is 11.4. The van der Waals surface area contributed by atoms with E-state index in [1.807, 2.05) is 0 Å². The highest BCUT2D eigenvalue weighted by atomic mass is 15.2. The Labute approximate surface area is 125 Å². The van der Waals surface area contributed by atoms with Gasteiger partial charge >= 0.3 is 0 Å². The molecule has 20 heavy (non-hydrogen) atoms. The molecule has 3 nitrogen and oxygen atoms in total. The third-order valence-corrected chi connectivity index (χ3v) is 5.72. The van der Waals surface area contributed by atoms with Crippen LogP contribution in [0.25, 0.3) is 0 Å². The molecule has 0 saturated carbocycles. The van der Waals surface area contributed by atoms with Gasteiger partial charge in [0.1, 0.15) is 0 Å². The monoisotopic (exact) mass is 279 g/mol. The molecule has 116 valence electrons. The van der Waals surface area contributed by atoms with Crippen LogP contribution in [0.5, 0.6) is 0 Å². The van der Waals surface area contributed by atoms with E-state index >= 15 is 0 Å². The maximum absolute atomic E-state index is 3.55. The van der Waals surface area contributed by atoms with E-state index in [4.69, 9.17) is 0 Å². The van der Waals surface area contributed by atoms with Crippen molar-refractivity contribution in [1.82, 2.24) is 15.1 Å². The molecule has 1 N–H and O–H groups in total. The van der Waals surface area contributed by atoms with E-state index in [1.54, 1.807) is 0 Å². The lowest BCUT2D eigenvalue weighted by molar-refractivity contribution is 0.0892. The lowest BCUT2D eigenvalue weighted by atomic mass is 9.95. The van der Waals surface area contributed by atoms with Gasteiger partial charge in [0.25, 0.3) is 0 Å². The highest BCUT2D eigenvalue weighted by Gasteiger charge is 2.25. The minimum absolute atomic E-state index is 0.905. The van der Waals surface area contributed by atoms with Gasteiger partial charge in [-0.25, -0.2) is 0 Å². The first-order valence-corrected chi connectivity index (χ1v) is 9.09. The van der Waals surface area contributed by atoms with Crippen LogP contribution >= 0.6 is 0 Å². The van der Waals surface area contributed by atoms with Crippen LogP contribution in [0.4, 0.5) is 0 Å². The molecule has 3 aliphatic heterocycles. The minimum atomic E-state index is 0.905. The van der Waals surface area contributed by atoms with Gasteiger partial charge in [0.2, 0.25) is 0 Å². The Balaban J connectivity index is 1.33. The van der Waals surface area contributed by atoms with E-state index in [0.717, 1.165) is 12.0 Å². The van der Waals surface area contributed by atoms with E-state index in [9.17, 15) is 0 Å². The molecule has 0 spiro atoms. The van der Waals surface area contributed by atoms with Crippen LogP contribution in [0, 0.1) is 5.92 Å². The van der Waals surface area contributed by atoms with E-state index in [2.05, 4.69) is 15.1 Å². The molecular weight excluding hydrogens is 246 g/mol. The third kappa shape index (κ3) is 4.19. The van der Waals surface area contributed by atoms with Crippen molar-refractivity contribution in [3.63, 3.8) is 0 Å². The predicted molar refractivity (Wildman–Crippen MR) is 85.1 cm³/mol. The summed E-state index contributed by atoms with van der Waals surface area (Å²) in [7, 11) is 0. The maximum Gasteiger partial charge on any atom is 0.0120 e. The van der Waals surface area contributed by atoms with Crippen LogP contribution in [-0.4, -0.2) is 61.7 Å². The molecule has 0 aromatic heterocycles. The van der Waals surface area contributed by atoms with Crippen molar-refractivity contribution in [2.24, 2.45) is 5.92 Å². The molecule has 3 heteroatoms. The molecule has 0 aromatic carbocycles. The molecule has 3 aliphatic rings. The fraction of sp³-hybridized carbons (Fsp3) is 1.00. The zero-order valence-electron chi connectivity index (χ0n) is 13.2. The molecule has 1 unspecified atom stereocenters. The number of rotatable bonds is 4. The lowest BCUT2D eigenvalue weighted by Crippen LogP contribution is -2.47. The second-order valence-corrected chi connectivity index (χ2v) is 7.17. The molecule has 0 amide bonds. The Morgan fingerprint density at radius 1 is 0.850 bits per heavy atom. The Bertz CT molecular complexity index is 261. The SMILES string of the molecule is C1CCN(C2CCN(CCC3CCCNC3)CC2)CC1. The average Bonchev–Trinajstić information content (AvgIpc) is 2.55. The third-order valence-electron chi connectivity index (χ3n) is 5.72. The summed E-state index contributed by atoms with van der Waals surface area (Å²) >= 11 is 0. The fourth-order valence-electron chi connectivity index (χ4n) is 4.33. The molecule has 0 aliphatic carbocycles. The number of likely N-dealkylation sites (tertiary alicyclic amines) is 2. The quantitative estimate of drug-likeness (QED) is 0.852. The van der Waals surface area contributed by atoms with E-state index in [0.29, 0.717) is 0 Å². The predicted octanol–water partition coefficient (Wildman–Crippen LogP) is 2.33. The molecule has 0 radical (unpaired) electrons. The average molecular weight is 279 g/mol. The Morgan fingerprint density at radius 2 is 1.65 bits per heavy atom. The molecule has 3 fully saturated rings. The number of nitrogens with one attached hydrogen (secondary N) is 1. The second-order valence-electron chi connectivity index (χ2n) is 7.17. The van der Waals surface area contributed by atoms with Gasteiger partial charge in [-0.3, -0.25) is 0 Å². The molecule has 3 rings (SSSR count). The molecule has 3 saturated heterocycles. The second kappa shape index (κ2) is 7.77. The minimum Gasteiger partial charge on any atom is -0.316 e. The van der Waals surface area contributed by atoms with Gasteiger partial charge in [-0.2, -0.15) is 0 Å². The molecule has 0 aromatic rings.